The minimum absolute atomic E-state index is 0.161. The van der Waals surface area contributed by atoms with Gasteiger partial charge in [-0.25, -0.2) is 0 Å². The van der Waals surface area contributed by atoms with Gasteiger partial charge in [0.1, 0.15) is 0 Å². The predicted molar refractivity (Wildman–Crippen MR) is 67.4 cm³/mol. The van der Waals surface area contributed by atoms with Crippen LogP contribution in [0.5, 0.6) is 0 Å². The maximum Gasteiger partial charge on any atom is 0.328 e. The lowest BCUT2D eigenvalue weighted by atomic mass is 9.84. The van der Waals surface area contributed by atoms with E-state index in [-0.39, 0.29) is 6.42 Å². The molecule has 0 aromatic heterocycles. The molecule has 19 heavy (non-hydrogen) atoms. The third kappa shape index (κ3) is 3.54. The fourth-order valence-electron chi connectivity index (χ4n) is 1.95. The van der Waals surface area contributed by atoms with Gasteiger partial charge in [-0.2, -0.15) is 8.42 Å². The van der Waals surface area contributed by atoms with E-state index >= 15 is 0 Å². The molecule has 0 heterocycles. The molecule has 0 saturated heterocycles. The normalized spacial score (nSPS) is 16.3. The molecule has 0 saturated carbocycles. The Morgan fingerprint density at radius 3 is 2.16 bits per heavy atom. The van der Waals surface area contributed by atoms with Crippen LogP contribution in [0.15, 0.2) is 12.7 Å². The monoisotopic (exact) mass is 294 g/mol. The summed E-state index contributed by atoms with van der Waals surface area (Å²) in [5.74, 6) is -5.20. The van der Waals surface area contributed by atoms with Crippen LogP contribution in [0.4, 0.5) is 0 Å². The molecule has 0 bridgehead atoms. The van der Waals surface area contributed by atoms with Crippen LogP contribution in [-0.2, 0) is 19.7 Å². The van der Waals surface area contributed by atoms with E-state index in [1.807, 2.05) is 0 Å². The van der Waals surface area contributed by atoms with Crippen LogP contribution in [0, 0.1) is 5.92 Å². The first-order valence-electron chi connectivity index (χ1n) is 5.69. The van der Waals surface area contributed by atoms with E-state index in [4.69, 9.17) is 10.2 Å². The minimum Gasteiger partial charge on any atom is -0.481 e. The quantitative estimate of drug-likeness (QED) is 0.430. The Morgan fingerprint density at radius 2 is 1.89 bits per heavy atom. The highest BCUT2D eigenvalue weighted by Gasteiger charge is 2.58. The lowest BCUT2D eigenvalue weighted by Crippen LogP contribution is -2.54. The zero-order chi connectivity index (χ0) is 15.3. The van der Waals surface area contributed by atoms with E-state index in [0.717, 1.165) is 6.08 Å². The van der Waals surface area contributed by atoms with Crippen molar-refractivity contribution in [1.29, 1.82) is 0 Å². The number of aliphatic carboxylic acids is 2. The number of unbranched alkanes of at least 4 members (excludes halogenated alkanes) is 1. The van der Waals surface area contributed by atoms with Gasteiger partial charge in [-0.1, -0.05) is 25.8 Å². The summed E-state index contributed by atoms with van der Waals surface area (Å²) in [4.78, 5) is 22.5. The number of hydrogen-bond donors (Lipinski definition) is 3. The van der Waals surface area contributed by atoms with Gasteiger partial charge in [-0.3, -0.25) is 14.1 Å². The Bertz CT molecular complexity index is 454. The number of carbonyl (C=O) groups is 2. The molecule has 7 nitrogen and oxygen atoms in total. The van der Waals surface area contributed by atoms with Crippen LogP contribution in [0.2, 0.25) is 0 Å². The largest absolute Gasteiger partial charge is 0.481 e. The van der Waals surface area contributed by atoms with Crippen molar-refractivity contribution in [3.63, 3.8) is 0 Å². The SMILES string of the molecule is C=CCC(C(=O)O)(C(CCCC)C(=O)O)S(=O)(=O)O. The second-order valence-electron chi connectivity index (χ2n) is 4.20. The second kappa shape index (κ2) is 6.67. The number of allylic oxidation sites excluding steroid dienone is 1. The summed E-state index contributed by atoms with van der Waals surface area (Å²) >= 11 is 0. The molecule has 0 rings (SSSR count). The highest BCUT2D eigenvalue weighted by Crippen LogP contribution is 2.35. The third-order valence-electron chi connectivity index (χ3n) is 2.98. The Labute approximate surface area is 111 Å². The molecule has 110 valence electrons. The van der Waals surface area contributed by atoms with Crippen molar-refractivity contribution < 1.29 is 32.8 Å². The summed E-state index contributed by atoms with van der Waals surface area (Å²) in [7, 11) is -5.11. The third-order valence-corrected chi connectivity index (χ3v) is 4.52. The van der Waals surface area contributed by atoms with E-state index in [2.05, 4.69) is 6.58 Å². The second-order valence-corrected chi connectivity index (χ2v) is 5.87. The topological polar surface area (TPSA) is 129 Å². The zero-order valence-electron chi connectivity index (χ0n) is 10.6. The first-order valence-corrected chi connectivity index (χ1v) is 7.13. The molecule has 0 aromatic rings. The van der Waals surface area contributed by atoms with Crippen LogP contribution >= 0.6 is 0 Å². The molecule has 0 amide bonds. The Hall–Kier alpha value is -1.41. The van der Waals surface area contributed by atoms with Crippen molar-refractivity contribution in [1.82, 2.24) is 0 Å². The van der Waals surface area contributed by atoms with Crippen molar-refractivity contribution in [2.24, 2.45) is 5.92 Å². The van der Waals surface area contributed by atoms with Gasteiger partial charge in [0.25, 0.3) is 10.1 Å². The summed E-state index contributed by atoms with van der Waals surface area (Å²) < 4.78 is 29.3. The first kappa shape index (κ1) is 17.6. The van der Waals surface area contributed by atoms with Crippen LogP contribution < -0.4 is 0 Å². The molecule has 0 spiro atoms. The average Bonchev–Trinajstić information content (AvgIpc) is 2.25. The number of rotatable bonds is 9. The van der Waals surface area contributed by atoms with E-state index in [9.17, 15) is 22.6 Å². The Morgan fingerprint density at radius 1 is 1.37 bits per heavy atom. The average molecular weight is 294 g/mol. The fourth-order valence-corrected chi connectivity index (χ4v) is 3.08. The van der Waals surface area contributed by atoms with Gasteiger partial charge in [-0.15, -0.1) is 6.58 Å². The van der Waals surface area contributed by atoms with Crippen molar-refractivity contribution in [2.75, 3.05) is 0 Å². The predicted octanol–water partition coefficient (Wildman–Crippen LogP) is 1.16. The van der Waals surface area contributed by atoms with Gasteiger partial charge in [-0.05, 0) is 12.8 Å². The van der Waals surface area contributed by atoms with E-state index in [1.54, 1.807) is 6.92 Å². The summed E-state index contributed by atoms with van der Waals surface area (Å²) in [6, 6.07) is 0. The molecular formula is C11H18O7S. The van der Waals surface area contributed by atoms with Crippen LogP contribution in [0.3, 0.4) is 0 Å². The van der Waals surface area contributed by atoms with Crippen LogP contribution in [0.25, 0.3) is 0 Å². The van der Waals surface area contributed by atoms with Crippen LogP contribution in [0.1, 0.15) is 32.6 Å². The fraction of sp³-hybridized carbons (Fsp3) is 0.636. The molecule has 0 aromatic carbocycles. The van der Waals surface area contributed by atoms with E-state index < -0.39 is 39.1 Å². The molecule has 0 radical (unpaired) electrons. The molecule has 2 atom stereocenters. The van der Waals surface area contributed by atoms with Crippen molar-refractivity contribution in [3.05, 3.63) is 12.7 Å². The van der Waals surface area contributed by atoms with Gasteiger partial charge >= 0.3 is 11.9 Å². The first-order chi connectivity index (χ1) is 8.65. The molecule has 0 aliphatic heterocycles. The Kier molecular flexibility index (Phi) is 6.17. The smallest absolute Gasteiger partial charge is 0.328 e. The number of carboxylic acid groups (broad SMARTS) is 2. The summed E-state index contributed by atoms with van der Waals surface area (Å²) in [5, 5.41) is 18.3. The van der Waals surface area contributed by atoms with Gasteiger partial charge in [0.05, 0.1) is 5.92 Å². The molecule has 0 aliphatic rings. The molecule has 3 N–H and O–H groups in total. The molecule has 0 aliphatic carbocycles. The molecule has 8 heteroatoms. The summed E-state index contributed by atoms with van der Waals surface area (Å²) in [6.07, 6.45) is 1.04. The van der Waals surface area contributed by atoms with Gasteiger partial charge in [0.2, 0.25) is 4.75 Å². The highest BCUT2D eigenvalue weighted by atomic mass is 32.2. The Balaban J connectivity index is 5.96. The molecule has 0 fully saturated rings. The lowest BCUT2D eigenvalue weighted by Gasteiger charge is -2.30. The zero-order valence-corrected chi connectivity index (χ0v) is 11.4. The van der Waals surface area contributed by atoms with Gasteiger partial charge < -0.3 is 10.2 Å². The molecule has 2 unspecified atom stereocenters. The number of hydrogen-bond acceptors (Lipinski definition) is 4. The number of carboxylic acids is 2. The maximum absolute atomic E-state index is 11.5. The van der Waals surface area contributed by atoms with E-state index in [0.29, 0.717) is 12.8 Å². The van der Waals surface area contributed by atoms with Crippen molar-refractivity contribution >= 4 is 22.1 Å². The maximum atomic E-state index is 11.5. The van der Waals surface area contributed by atoms with Gasteiger partial charge in [0, 0.05) is 0 Å². The molecular weight excluding hydrogens is 276 g/mol. The van der Waals surface area contributed by atoms with Crippen molar-refractivity contribution in [2.45, 2.75) is 37.4 Å². The van der Waals surface area contributed by atoms with E-state index in [1.165, 1.54) is 0 Å². The minimum atomic E-state index is -5.11. The summed E-state index contributed by atoms with van der Waals surface area (Å²) in [6.45, 7) is 4.98. The van der Waals surface area contributed by atoms with Crippen LogP contribution in [-0.4, -0.2) is 39.9 Å². The van der Waals surface area contributed by atoms with Gasteiger partial charge in [0.15, 0.2) is 0 Å². The van der Waals surface area contributed by atoms with Crippen molar-refractivity contribution in [3.8, 4) is 0 Å². The standard InChI is InChI=1S/C11H18O7S/c1-3-5-6-8(9(12)13)11(7-4-2,10(14)15)19(16,17)18/h4,8H,2-3,5-7H2,1H3,(H,12,13)(H,14,15)(H,16,17,18). The highest BCUT2D eigenvalue weighted by molar-refractivity contribution is 7.88. The summed E-state index contributed by atoms with van der Waals surface area (Å²) in [5.41, 5.74) is 0. The lowest BCUT2D eigenvalue weighted by molar-refractivity contribution is -0.152.